The lowest BCUT2D eigenvalue weighted by molar-refractivity contribution is -0.132. The Balaban J connectivity index is 0.00000300. The Hall–Kier alpha value is -1.95. The van der Waals surface area contributed by atoms with Gasteiger partial charge in [0.1, 0.15) is 0 Å². The maximum atomic E-state index is 12.2. The van der Waals surface area contributed by atoms with Crippen LogP contribution in [0.2, 0.25) is 5.02 Å². The van der Waals surface area contributed by atoms with Crippen LogP contribution in [-0.2, 0) is 11.3 Å². The number of methoxy groups -OCH3 is 1. The van der Waals surface area contributed by atoms with E-state index in [2.05, 4.69) is 18.3 Å². The second kappa shape index (κ2) is 11.3. The lowest BCUT2D eigenvalue weighted by atomic mass is 10.1. The molecule has 0 saturated carbocycles. The van der Waals surface area contributed by atoms with Gasteiger partial charge in [-0.15, -0.1) is 12.4 Å². The van der Waals surface area contributed by atoms with Gasteiger partial charge in [0.15, 0.2) is 18.1 Å². The average Bonchev–Trinajstić information content (AvgIpc) is 3.25. The molecule has 0 radical (unpaired) electrons. The summed E-state index contributed by atoms with van der Waals surface area (Å²) in [4.78, 5) is 14.0. The Kier molecular flexibility index (Phi) is 9.08. The van der Waals surface area contributed by atoms with E-state index in [0.717, 1.165) is 42.1 Å². The van der Waals surface area contributed by atoms with Crippen LogP contribution in [0.15, 0.2) is 42.5 Å². The first-order valence-electron chi connectivity index (χ1n) is 9.63. The highest BCUT2D eigenvalue weighted by molar-refractivity contribution is 6.30. The van der Waals surface area contributed by atoms with E-state index in [1.165, 1.54) is 0 Å². The summed E-state index contributed by atoms with van der Waals surface area (Å²) in [7, 11) is 1.61. The lowest BCUT2D eigenvalue weighted by Crippen LogP contribution is -2.32. The van der Waals surface area contributed by atoms with E-state index in [0.29, 0.717) is 18.0 Å². The molecule has 1 saturated heterocycles. The van der Waals surface area contributed by atoms with Gasteiger partial charge in [-0.3, -0.25) is 4.79 Å². The van der Waals surface area contributed by atoms with E-state index < -0.39 is 0 Å². The molecule has 1 N–H and O–H groups in total. The number of benzene rings is 2. The van der Waals surface area contributed by atoms with Gasteiger partial charge in [0, 0.05) is 30.7 Å². The molecule has 1 unspecified atom stereocenters. The fourth-order valence-electron chi connectivity index (χ4n) is 3.30. The fraction of sp³-hybridized carbons (Fsp3) is 0.409. The molecule has 0 aliphatic carbocycles. The summed E-state index contributed by atoms with van der Waals surface area (Å²) < 4.78 is 11.2. The van der Waals surface area contributed by atoms with Crippen molar-refractivity contribution in [3.8, 4) is 11.5 Å². The molecule has 1 heterocycles. The lowest BCUT2D eigenvalue weighted by Gasteiger charge is -2.18. The summed E-state index contributed by atoms with van der Waals surface area (Å²) in [6.07, 6.45) is 2.15. The smallest absolute Gasteiger partial charge is 0.260 e. The average molecular weight is 439 g/mol. The topological polar surface area (TPSA) is 50.8 Å². The Morgan fingerprint density at radius 3 is 2.62 bits per heavy atom. The van der Waals surface area contributed by atoms with Gasteiger partial charge in [-0.25, -0.2) is 0 Å². The summed E-state index contributed by atoms with van der Waals surface area (Å²) in [6, 6.07) is 13.8. The summed E-state index contributed by atoms with van der Waals surface area (Å²) >= 11 is 6.07. The minimum Gasteiger partial charge on any atom is -0.493 e. The number of carbonyl (C=O) groups excluding carboxylic acids is 1. The Morgan fingerprint density at radius 2 is 1.93 bits per heavy atom. The normalized spacial score (nSPS) is 14.2. The van der Waals surface area contributed by atoms with Gasteiger partial charge in [-0.1, -0.05) is 29.8 Å². The van der Waals surface area contributed by atoms with E-state index in [4.69, 9.17) is 21.1 Å². The third-order valence-corrected chi connectivity index (χ3v) is 5.23. The Labute approximate surface area is 183 Å². The number of hydrogen-bond donors (Lipinski definition) is 1. The van der Waals surface area contributed by atoms with Gasteiger partial charge in [0.05, 0.1) is 7.11 Å². The van der Waals surface area contributed by atoms with Gasteiger partial charge >= 0.3 is 0 Å². The second-order valence-corrected chi connectivity index (χ2v) is 7.46. The van der Waals surface area contributed by atoms with Gasteiger partial charge in [-0.2, -0.15) is 0 Å². The highest BCUT2D eigenvalue weighted by Gasteiger charge is 2.19. The first-order chi connectivity index (χ1) is 13.6. The molecule has 0 bridgehead atoms. The summed E-state index contributed by atoms with van der Waals surface area (Å²) in [6.45, 7) is 4.48. The van der Waals surface area contributed by atoms with E-state index in [-0.39, 0.29) is 31.0 Å². The summed E-state index contributed by atoms with van der Waals surface area (Å²) in [5, 5.41) is 4.22. The van der Waals surface area contributed by atoms with Crippen LogP contribution in [0, 0.1) is 0 Å². The van der Waals surface area contributed by atoms with Gasteiger partial charge in [0.2, 0.25) is 0 Å². The molecule has 158 valence electrons. The minimum atomic E-state index is 0. The summed E-state index contributed by atoms with van der Waals surface area (Å²) in [5.41, 5.74) is 2.21. The zero-order chi connectivity index (χ0) is 19.9. The first kappa shape index (κ1) is 23.3. The first-order valence-corrected chi connectivity index (χ1v) is 10.0. The predicted octanol–water partition coefficient (Wildman–Crippen LogP) is 4.62. The number of amides is 1. The van der Waals surface area contributed by atoms with Crippen molar-refractivity contribution >= 4 is 29.9 Å². The Bertz CT molecular complexity index is 810. The minimum absolute atomic E-state index is 0. The fourth-order valence-corrected chi connectivity index (χ4v) is 3.50. The van der Waals surface area contributed by atoms with Crippen LogP contribution < -0.4 is 14.8 Å². The van der Waals surface area contributed by atoms with Crippen LogP contribution in [0.5, 0.6) is 11.5 Å². The molecule has 0 aromatic heterocycles. The third-order valence-electron chi connectivity index (χ3n) is 5.00. The zero-order valence-electron chi connectivity index (χ0n) is 16.8. The molecule has 29 heavy (non-hydrogen) atoms. The number of ether oxygens (including phenoxy) is 2. The molecule has 7 heteroatoms. The number of halogens is 2. The molecule has 1 amide bonds. The van der Waals surface area contributed by atoms with Crippen molar-refractivity contribution in [1.82, 2.24) is 10.2 Å². The highest BCUT2D eigenvalue weighted by atomic mass is 35.5. The SMILES string of the molecule is COc1cc(CNC(C)c2cccc(Cl)c2)ccc1OCC(=O)N1CCCC1.Cl. The van der Waals surface area contributed by atoms with E-state index in [1.807, 2.05) is 41.3 Å². The standard InChI is InChI=1S/C22H27ClN2O3.ClH/c1-16(18-6-5-7-19(23)13-18)24-14-17-8-9-20(21(12-17)27-2)28-15-22(26)25-10-3-4-11-25;/h5-9,12-13,16,24H,3-4,10-11,14-15H2,1-2H3;1H. The number of rotatable bonds is 8. The maximum absolute atomic E-state index is 12.2. The molecular weight excluding hydrogens is 411 g/mol. The number of hydrogen-bond acceptors (Lipinski definition) is 4. The number of nitrogens with one attached hydrogen (secondary N) is 1. The second-order valence-electron chi connectivity index (χ2n) is 7.02. The van der Waals surface area contributed by atoms with Crippen LogP contribution in [-0.4, -0.2) is 37.6 Å². The van der Waals surface area contributed by atoms with Crippen molar-refractivity contribution in [2.24, 2.45) is 0 Å². The molecule has 1 fully saturated rings. The molecule has 1 atom stereocenters. The van der Waals surface area contributed by atoms with Crippen molar-refractivity contribution in [2.45, 2.75) is 32.4 Å². The van der Waals surface area contributed by atoms with Gasteiger partial charge in [-0.05, 0) is 55.2 Å². The van der Waals surface area contributed by atoms with Gasteiger partial charge in [0.25, 0.3) is 5.91 Å². The predicted molar refractivity (Wildman–Crippen MR) is 118 cm³/mol. The van der Waals surface area contributed by atoms with Crippen molar-refractivity contribution in [3.63, 3.8) is 0 Å². The monoisotopic (exact) mass is 438 g/mol. The van der Waals surface area contributed by atoms with Crippen LogP contribution in [0.1, 0.15) is 36.9 Å². The number of likely N-dealkylation sites (tertiary alicyclic amines) is 1. The van der Waals surface area contributed by atoms with Crippen LogP contribution in [0.25, 0.3) is 0 Å². The van der Waals surface area contributed by atoms with Crippen LogP contribution in [0.3, 0.4) is 0 Å². The molecule has 5 nitrogen and oxygen atoms in total. The molecule has 2 aromatic rings. The quantitative estimate of drug-likeness (QED) is 0.652. The van der Waals surface area contributed by atoms with Crippen LogP contribution in [0.4, 0.5) is 0 Å². The molecule has 1 aliphatic rings. The molecule has 3 rings (SSSR count). The number of nitrogens with zero attached hydrogens (tertiary/aromatic N) is 1. The molecular formula is C22H28Cl2N2O3. The third kappa shape index (κ3) is 6.53. The maximum Gasteiger partial charge on any atom is 0.260 e. The summed E-state index contributed by atoms with van der Waals surface area (Å²) in [5.74, 6) is 1.24. The van der Waals surface area contributed by atoms with Crippen molar-refractivity contribution < 1.29 is 14.3 Å². The number of carbonyl (C=O) groups is 1. The van der Waals surface area contributed by atoms with E-state index >= 15 is 0 Å². The van der Waals surface area contributed by atoms with Crippen molar-refractivity contribution in [3.05, 3.63) is 58.6 Å². The largest absolute Gasteiger partial charge is 0.493 e. The van der Waals surface area contributed by atoms with E-state index in [1.54, 1.807) is 7.11 Å². The molecule has 0 spiro atoms. The van der Waals surface area contributed by atoms with E-state index in [9.17, 15) is 4.79 Å². The van der Waals surface area contributed by atoms with Gasteiger partial charge < -0.3 is 19.7 Å². The Morgan fingerprint density at radius 1 is 1.17 bits per heavy atom. The zero-order valence-corrected chi connectivity index (χ0v) is 18.4. The highest BCUT2D eigenvalue weighted by Crippen LogP contribution is 2.28. The molecule has 1 aliphatic heterocycles. The van der Waals surface area contributed by atoms with Crippen molar-refractivity contribution in [1.29, 1.82) is 0 Å². The molecule has 2 aromatic carbocycles. The van der Waals surface area contributed by atoms with Crippen LogP contribution >= 0.6 is 24.0 Å². The van der Waals surface area contributed by atoms with Crippen molar-refractivity contribution in [2.75, 3.05) is 26.8 Å².